The molecule has 0 aliphatic carbocycles. The molecule has 0 aromatic heterocycles. The Labute approximate surface area is 166 Å². The molecule has 0 bridgehead atoms. The Bertz CT molecular complexity index is 560. The molecular formula is C19H34N2O7. The fourth-order valence-electron chi connectivity index (χ4n) is 2.95. The second-order valence-corrected chi connectivity index (χ2v) is 9.33. The third kappa shape index (κ3) is 6.79. The summed E-state index contributed by atoms with van der Waals surface area (Å²) in [6, 6.07) is 0. The van der Waals surface area contributed by atoms with Crippen molar-refractivity contribution in [3.8, 4) is 0 Å². The van der Waals surface area contributed by atoms with E-state index in [1.165, 1.54) is 12.0 Å². The summed E-state index contributed by atoms with van der Waals surface area (Å²) >= 11 is 0. The first kappa shape index (κ1) is 22.7. The van der Waals surface area contributed by atoms with Gasteiger partial charge in [0.1, 0.15) is 29.5 Å². The van der Waals surface area contributed by atoms with Gasteiger partial charge in [0.15, 0.2) is 0 Å². The maximum Gasteiger partial charge on any atom is 0.410 e. The van der Waals surface area contributed by atoms with Gasteiger partial charge in [-0.2, -0.15) is 0 Å². The van der Waals surface area contributed by atoms with Crippen molar-refractivity contribution >= 4 is 12.2 Å². The largest absolute Gasteiger partial charge is 0.444 e. The summed E-state index contributed by atoms with van der Waals surface area (Å²) in [5.41, 5.74) is -0.905. The Balaban J connectivity index is 0.000000202. The van der Waals surface area contributed by atoms with Crippen molar-refractivity contribution in [2.45, 2.75) is 77.2 Å². The molecule has 3 fully saturated rings. The highest BCUT2D eigenvalue weighted by atomic mass is 16.6. The van der Waals surface area contributed by atoms with Crippen LogP contribution in [0.25, 0.3) is 0 Å². The van der Waals surface area contributed by atoms with Crippen LogP contribution in [0.3, 0.4) is 0 Å². The zero-order chi connectivity index (χ0) is 21.3. The number of likely N-dealkylation sites (tertiary alicyclic amines) is 2. The number of hydrogen-bond acceptors (Lipinski definition) is 7. The van der Waals surface area contributed by atoms with Crippen LogP contribution in [-0.4, -0.2) is 96.0 Å². The smallest absolute Gasteiger partial charge is 0.410 e. The monoisotopic (exact) mass is 402 g/mol. The average Bonchev–Trinajstić information content (AvgIpc) is 2.96. The molecule has 3 heterocycles. The first-order valence-corrected chi connectivity index (χ1v) is 9.61. The van der Waals surface area contributed by atoms with E-state index in [4.69, 9.17) is 18.9 Å². The van der Waals surface area contributed by atoms with Gasteiger partial charge in [-0.1, -0.05) is 0 Å². The lowest BCUT2D eigenvalue weighted by Gasteiger charge is -2.24. The van der Waals surface area contributed by atoms with Crippen molar-refractivity contribution < 1.29 is 33.6 Å². The lowest BCUT2D eigenvalue weighted by atomic mass is 10.2. The van der Waals surface area contributed by atoms with Crippen molar-refractivity contribution in [3.05, 3.63) is 0 Å². The van der Waals surface area contributed by atoms with Gasteiger partial charge in [0.05, 0.1) is 32.3 Å². The number of methoxy groups -OCH3 is 1. The molecule has 4 atom stereocenters. The number of carbonyl (C=O) groups excluding carboxylic acids is 2. The molecule has 0 aromatic carbocycles. The van der Waals surface area contributed by atoms with Crippen molar-refractivity contribution in [1.29, 1.82) is 0 Å². The number of nitrogens with zero attached hydrogens (tertiary/aromatic N) is 2. The van der Waals surface area contributed by atoms with Crippen LogP contribution in [-0.2, 0) is 18.9 Å². The van der Waals surface area contributed by atoms with Crippen LogP contribution in [0.1, 0.15) is 41.5 Å². The van der Waals surface area contributed by atoms with E-state index >= 15 is 0 Å². The Morgan fingerprint density at radius 2 is 1.29 bits per heavy atom. The Hall–Kier alpha value is -1.58. The molecule has 3 rings (SSSR count). The van der Waals surface area contributed by atoms with Crippen LogP contribution in [0.15, 0.2) is 0 Å². The standard InChI is InChI=1S/C10H19NO4.C9H15NO3/c1-10(2,3)15-9(13)11-5-7(12)8(6-11)14-4;1-9(2,3)13-8(11)10-4-6-7(5-10)12-6/h7-8,12H,5-6H2,1-4H3;6-7H,4-5H2,1-3H3. The number of hydrogen-bond donors (Lipinski definition) is 1. The van der Waals surface area contributed by atoms with Crippen LogP contribution < -0.4 is 0 Å². The molecule has 0 aromatic rings. The summed E-state index contributed by atoms with van der Waals surface area (Å²) in [6.45, 7) is 13.1. The maximum atomic E-state index is 11.6. The normalized spacial score (nSPS) is 29.0. The Morgan fingerprint density at radius 1 is 0.857 bits per heavy atom. The fourth-order valence-corrected chi connectivity index (χ4v) is 2.95. The Kier molecular flexibility index (Phi) is 6.83. The number of aliphatic hydroxyl groups excluding tert-OH is 1. The molecule has 2 amide bonds. The van der Waals surface area contributed by atoms with E-state index in [-0.39, 0.29) is 30.9 Å². The minimum Gasteiger partial charge on any atom is -0.444 e. The summed E-state index contributed by atoms with van der Waals surface area (Å²) in [5, 5.41) is 9.53. The summed E-state index contributed by atoms with van der Waals surface area (Å²) in [5.74, 6) is 0. The van der Waals surface area contributed by atoms with Gasteiger partial charge in [0.25, 0.3) is 0 Å². The molecule has 3 aliphatic heterocycles. The molecule has 4 unspecified atom stereocenters. The highest BCUT2D eigenvalue weighted by Gasteiger charge is 2.49. The highest BCUT2D eigenvalue weighted by Crippen LogP contribution is 2.31. The summed E-state index contributed by atoms with van der Waals surface area (Å²) < 4.78 is 20.7. The first-order chi connectivity index (χ1) is 12.8. The van der Waals surface area contributed by atoms with Gasteiger partial charge in [-0.25, -0.2) is 9.59 Å². The van der Waals surface area contributed by atoms with E-state index in [0.717, 1.165) is 0 Å². The van der Waals surface area contributed by atoms with Crippen LogP contribution in [0, 0.1) is 0 Å². The minimum absolute atomic E-state index is 0.219. The first-order valence-electron chi connectivity index (χ1n) is 9.61. The topological polar surface area (TPSA) is 101 Å². The van der Waals surface area contributed by atoms with E-state index in [9.17, 15) is 14.7 Å². The number of morpholine rings is 1. The van der Waals surface area contributed by atoms with E-state index in [0.29, 0.717) is 19.6 Å². The van der Waals surface area contributed by atoms with Crippen molar-refractivity contribution in [2.24, 2.45) is 0 Å². The molecule has 0 saturated carbocycles. The van der Waals surface area contributed by atoms with E-state index < -0.39 is 23.4 Å². The minimum atomic E-state index is -0.623. The fraction of sp³-hybridized carbons (Fsp3) is 0.895. The van der Waals surface area contributed by atoms with Crippen LogP contribution in [0.5, 0.6) is 0 Å². The number of rotatable bonds is 1. The second kappa shape index (κ2) is 8.42. The number of ether oxygens (including phenoxy) is 4. The van der Waals surface area contributed by atoms with E-state index in [1.807, 2.05) is 41.5 Å². The third-order valence-corrected chi connectivity index (χ3v) is 4.33. The van der Waals surface area contributed by atoms with Gasteiger partial charge in [0, 0.05) is 7.11 Å². The van der Waals surface area contributed by atoms with Gasteiger partial charge < -0.3 is 33.9 Å². The molecule has 9 heteroatoms. The maximum absolute atomic E-state index is 11.6. The molecule has 1 N–H and O–H groups in total. The predicted octanol–water partition coefficient (Wildman–Crippen LogP) is 1.62. The number of β-amino-alcohol motifs (C(OH)–C–C–N with tert-alkyl or cyclic N) is 1. The summed E-state index contributed by atoms with van der Waals surface area (Å²) in [7, 11) is 1.52. The lowest BCUT2D eigenvalue weighted by Crippen LogP contribution is -2.37. The molecule has 0 spiro atoms. The van der Waals surface area contributed by atoms with E-state index in [1.54, 1.807) is 4.90 Å². The highest BCUT2D eigenvalue weighted by molar-refractivity contribution is 5.69. The number of aliphatic hydroxyl groups is 1. The lowest BCUT2D eigenvalue weighted by molar-refractivity contribution is 0.0198. The van der Waals surface area contributed by atoms with Gasteiger partial charge in [-0.05, 0) is 41.5 Å². The number of amides is 2. The predicted molar refractivity (Wildman–Crippen MR) is 101 cm³/mol. The third-order valence-electron chi connectivity index (χ3n) is 4.33. The van der Waals surface area contributed by atoms with Crippen molar-refractivity contribution in [2.75, 3.05) is 33.3 Å². The zero-order valence-corrected chi connectivity index (χ0v) is 17.9. The number of fused-ring (bicyclic) bond motifs is 1. The van der Waals surface area contributed by atoms with Gasteiger partial charge >= 0.3 is 12.2 Å². The molecule has 0 radical (unpaired) electrons. The molecule has 3 aliphatic rings. The zero-order valence-electron chi connectivity index (χ0n) is 17.9. The second-order valence-electron chi connectivity index (χ2n) is 9.33. The van der Waals surface area contributed by atoms with Crippen LogP contribution in [0.2, 0.25) is 0 Å². The molecule has 162 valence electrons. The molecular weight excluding hydrogens is 368 g/mol. The van der Waals surface area contributed by atoms with Crippen molar-refractivity contribution in [1.82, 2.24) is 9.80 Å². The van der Waals surface area contributed by atoms with E-state index in [2.05, 4.69) is 0 Å². The van der Waals surface area contributed by atoms with Crippen molar-refractivity contribution in [3.63, 3.8) is 0 Å². The number of carbonyl (C=O) groups is 2. The summed E-state index contributed by atoms with van der Waals surface area (Å²) in [6.07, 6.45) is -0.982. The van der Waals surface area contributed by atoms with Crippen LogP contribution in [0.4, 0.5) is 9.59 Å². The molecule has 9 nitrogen and oxygen atoms in total. The molecule has 3 saturated heterocycles. The van der Waals surface area contributed by atoms with Gasteiger partial charge in [0.2, 0.25) is 0 Å². The summed E-state index contributed by atoms with van der Waals surface area (Å²) in [4.78, 5) is 26.3. The Morgan fingerprint density at radius 3 is 1.64 bits per heavy atom. The van der Waals surface area contributed by atoms with Gasteiger partial charge in [-0.15, -0.1) is 0 Å². The number of epoxide rings is 1. The average molecular weight is 402 g/mol. The SMILES string of the molecule is CC(C)(C)OC(=O)N1CC2OC2C1.COC1CN(C(=O)OC(C)(C)C)CC1O. The van der Waals surface area contributed by atoms with Gasteiger partial charge in [-0.3, -0.25) is 0 Å². The van der Waals surface area contributed by atoms with Crippen LogP contribution >= 0.6 is 0 Å². The quantitative estimate of drug-likeness (QED) is 0.665. The molecule has 28 heavy (non-hydrogen) atoms.